The van der Waals surface area contributed by atoms with Crippen LogP contribution in [0.4, 0.5) is 5.69 Å². The summed E-state index contributed by atoms with van der Waals surface area (Å²) in [6.07, 6.45) is 5.93. The molecule has 180 valence electrons. The predicted octanol–water partition coefficient (Wildman–Crippen LogP) is 3.66. The molecule has 3 rings (SSSR count). The largest absolute Gasteiger partial charge is 0.466 e. The molecule has 0 saturated carbocycles. The quantitative estimate of drug-likeness (QED) is 0.419. The minimum absolute atomic E-state index is 0.138. The van der Waals surface area contributed by atoms with Gasteiger partial charge in [-0.1, -0.05) is 56.2 Å². The van der Waals surface area contributed by atoms with Crippen LogP contribution < -0.4 is 5.32 Å². The first-order valence-electron chi connectivity index (χ1n) is 11.7. The lowest BCUT2D eigenvalue weighted by Crippen LogP contribution is -2.50. The van der Waals surface area contributed by atoms with Gasteiger partial charge in [-0.05, 0) is 37.8 Å². The number of para-hydroxylation sites is 1. The SMILES string of the molecule is CCC[C@@H]1C=C[C@H]2[C@H](C(=O)N([C@@H](CC)CO)[C@@H]2C(=O)Nc2ccccc2Cl)[C@@H]1C(=O)OCC. The molecule has 1 aliphatic heterocycles. The minimum Gasteiger partial charge on any atom is -0.466 e. The maximum atomic E-state index is 13.8. The Bertz CT molecular complexity index is 901. The Kier molecular flexibility index (Phi) is 8.54. The van der Waals surface area contributed by atoms with Gasteiger partial charge in [0.15, 0.2) is 0 Å². The summed E-state index contributed by atoms with van der Waals surface area (Å²) >= 11 is 6.24. The molecule has 0 unspecified atom stereocenters. The van der Waals surface area contributed by atoms with Crippen LogP contribution in [0.3, 0.4) is 0 Å². The van der Waals surface area contributed by atoms with Gasteiger partial charge in [0.2, 0.25) is 11.8 Å². The Hall–Kier alpha value is -2.38. The zero-order valence-electron chi connectivity index (χ0n) is 19.4. The molecular weight excluding hydrogens is 444 g/mol. The van der Waals surface area contributed by atoms with E-state index in [1.807, 2.05) is 26.0 Å². The number of carbonyl (C=O) groups excluding carboxylic acids is 3. The van der Waals surface area contributed by atoms with E-state index in [2.05, 4.69) is 5.32 Å². The number of nitrogens with zero attached hydrogens (tertiary/aromatic N) is 1. The summed E-state index contributed by atoms with van der Waals surface area (Å²) in [5, 5.41) is 13.2. The zero-order chi connectivity index (χ0) is 24.1. The Morgan fingerprint density at radius 2 is 1.94 bits per heavy atom. The fraction of sp³-hybridized carbons (Fsp3) is 0.560. The normalized spacial score (nSPS) is 27.2. The predicted molar refractivity (Wildman–Crippen MR) is 127 cm³/mol. The molecule has 1 aromatic rings. The zero-order valence-corrected chi connectivity index (χ0v) is 20.1. The molecule has 1 fully saturated rings. The molecule has 6 atom stereocenters. The van der Waals surface area contributed by atoms with E-state index in [1.165, 1.54) is 4.90 Å². The number of aliphatic hydroxyl groups is 1. The van der Waals surface area contributed by atoms with E-state index in [1.54, 1.807) is 31.2 Å². The topological polar surface area (TPSA) is 95.9 Å². The molecule has 0 aromatic heterocycles. The third-order valence-corrected chi connectivity index (χ3v) is 7.03. The number of carbonyl (C=O) groups is 3. The molecule has 0 radical (unpaired) electrons. The van der Waals surface area contributed by atoms with Crippen LogP contribution in [0.1, 0.15) is 40.0 Å². The first-order chi connectivity index (χ1) is 15.9. The maximum absolute atomic E-state index is 13.8. The molecule has 8 heteroatoms. The first kappa shape index (κ1) is 25.2. The summed E-state index contributed by atoms with van der Waals surface area (Å²) < 4.78 is 5.36. The number of anilines is 1. The lowest BCUT2D eigenvalue weighted by atomic mass is 9.69. The molecule has 1 aromatic carbocycles. The molecule has 7 nitrogen and oxygen atoms in total. The van der Waals surface area contributed by atoms with Crippen LogP contribution in [-0.4, -0.2) is 53.1 Å². The second-order valence-corrected chi connectivity index (χ2v) is 9.03. The monoisotopic (exact) mass is 476 g/mol. The van der Waals surface area contributed by atoms with Gasteiger partial charge in [-0.25, -0.2) is 0 Å². The van der Waals surface area contributed by atoms with Crippen molar-refractivity contribution in [2.45, 2.75) is 52.1 Å². The Morgan fingerprint density at radius 1 is 1.21 bits per heavy atom. The number of hydrogen-bond acceptors (Lipinski definition) is 5. The number of allylic oxidation sites excluding steroid dienone is 1. The standard InChI is InChI=1S/C25H33ClN2O5/c1-4-9-15-12-13-17-21(20(15)25(32)33-6-3)24(31)28(16(5-2)14-29)22(17)23(30)27-19-11-8-7-10-18(19)26/h7-8,10-13,15-17,20-22,29H,4-6,9,14H2,1-3H3,(H,27,30)/t15-,16+,17+,20-,21+,22+/m1/s1. The number of ether oxygens (including phenoxy) is 1. The number of hydrogen-bond donors (Lipinski definition) is 2. The fourth-order valence-electron chi connectivity index (χ4n) is 5.19. The van der Waals surface area contributed by atoms with Crippen molar-refractivity contribution in [1.82, 2.24) is 4.90 Å². The lowest BCUT2D eigenvalue weighted by Gasteiger charge is -2.34. The number of amides is 2. The highest BCUT2D eigenvalue weighted by molar-refractivity contribution is 6.33. The van der Waals surface area contributed by atoms with E-state index in [0.29, 0.717) is 17.1 Å². The fourth-order valence-corrected chi connectivity index (χ4v) is 5.37. The van der Waals surface area contributed by atoms with Crippen molar-refractivity contribution in [1.29, 1.82) is 0 Å². The first-order valence-corrected chi connectivity index (χ1v) is 12.1. The average Bonchev–Trinajstić information content (AvgIpc) is 3.09. The second-order valence-electron chi connectivity index (χ2n) is 8.62. The van der Waals surface area contributed by atoms with Crippen molar-refractivity contribution in [3.8, 4) is 0 Å². The summed E-state index contributed by atoms with van der Waals surface area (Å²) in [7, 11) is 0. The van der Waals surface area contributed by atoms with Crippen molar-refractivity contribution >= 4 is 35.1 Å². The van der Waals surface area contributed by atoms with Crippen LogP contribution in [0.15, 0.2) is 36.4 Å². The minimum atomic E-state index is -0.869. The van der Waals surface area contributed by atoms with Crippen molar-refractivity contribution < 1.29 is 24.2 Å². The summed E-state index contributed by atoms with van der Waals surface area (Å²) in [6.45, 7) is 5.58. The van der Waals surface area contributed by atoms with Gasteiger partial charge in [0.1, 0.15) is 6.04 Å². The molecule has 33 heavy (non-hydrogen) atoms. The van der Waals surface area contributed by atoms with Gasteiger partial charge in [-0.2, -0.15) is 0 Å². The van der Waals surface area contributed by atoms with Crippen LogP contribution in [-0.2, 0) is 19.1 Å². The van der Waals surface area contributed by atoms with E-state index in [4.69, 9.17) is 16.3 Å². The Morgan fingerprint density at radius 3 is 2.55 bits per heavy atom. The van der Waals surface area contributed by atoms with Crippen molar-refractivity contribution in [3.05, 3.63) is 41.4 Å². The maximum Gasteiger partial charge on any atom is 0.310 e. The number of likely N-dealkylation sites (tertiary alicyclic amines) is 1. The molecule has 0 bridgehead atoms. The van der Waals surface area contributed by atoms with Gasteiger partial charge >= 0.3 is 5.97 Å². The lowest BCUT2D eigenvalue weighted by molar-refractivity contribution is -0.156. The van der Waals surface area contributed by atoms with Gasteiger partial charge in [0.25, 0.3) is 0 Å². The Balaban J connectivity index is 2.04. The highest BCUT2D eigenvalue weighted by Gasteiger charge is 2.58. The van der Waals surface area contributed by atoms with Crippen LogP contribution in [0, 0.1) is 23.7 Å². The van der Waals surface area contributed by atoms with E-state index >= 15 is 0 Å². The summed E-state index contributed by atoms with van der Waals surface area (Å²) in [4.78, 5) is 41.8. The van der Waals surface area contributed by atoms with Crippen LogP contribution in [0.2, 0.25) is 5.02 Å². The van der Waals surface area contributed by atoms with Crippen LogP contribution >= 0.6 is 11.6 Å². The molecule has 2 amide bonds. The van der Waals surface area contributed by atoms with Crippen molar-refractivity contribution in [3.63, 3.8) is 0 Å². The van der Waals surface area contributed by atoms with Crippen LogP contribution in [0.5, 0.6) is 0 Å². The molecule has 2 N–H and O–H groups in total. The molecule has 1 aliphatic carbocycles. The highest BCUT2D eigenvalue weighted by Crippen LogP contribution is 2.46. The van der Waals surface area contributed by atoms with Gasteiger partial charge < -0.3 is 20.1 Å². The second kappa shape index (κ2) is 11.2. The number of aliphatic hydroxyl groups excluding tert-OH is 1. The third kappa shape index (κ3) is 4.94. The summed E-state index contributed by atoms with van der Waals surface area (Å²) in [5.74, 6) is -3.12. The molecule has 2 aliphatic rings. The number of fused-ring (bicyclic) bond motifs is 1. The molecule has 1 saturated heterocycles. The van der Waals surface area contributed by atoms with Crippen molar-refractivity contribution in [2.24, 2.45) is 23.7 Å². The van der Waals surface area contributed by atoms with Gasteiger partial charge in [0, 0.05) is 5.92 Å². The molecule has 0 spiro atoms. The van der Waals surface area contributed by atoms with Crippen LogP contribution in [0.25, 0.3) is 0 Å². The number of halogens is 1. The number of esters is 1. The number of nitrogens with one attached hydrogen (secondary N) is 1. The van der Waals surface area contributed by atoms with E-state index in [0.717, 1.165) is 12.8 Å². The smallest absolute Gasteiger partial charge is 0.310 e. The number of rotatable bonds is 9. The van der Waals surface area contributed by atoms with Gasteiger partial charge in [-0.3, -0.25) is 14.4 Å². The number of benzene rings is 1. The van der Waals surface area contributed by atoms with E-state index in [-0.39, 0.29) is 25.0 Å². The van der Waals surface area contributed by atoms with Gasteiger partial charge in [0.05, 0.1) is 41.8 Å². The molecular formula is C25H33ClN2O5. The summed E-state index contributed by atoms with van der Waals surface area (Å²) in [6, 6.07) is 5.49. The highest BCUT2D eigenvalue weighted by atomic mass is 35.5. The molecule has 1 heterocycles. The van der Waals surface area contributed by atoms with Crippen molar-refractivity contribution in [2.75, 3.05) is 18.5 Å². The average molecular weight is 477 g/mol. The Labute approximate surface area is 200 Å². The third-order valence-electron chi connectivity index (χ3n) is 6.70. The van der Waals surface area contributed by atoms with E-state index < -0.39 is 41.7 Å². The van der Waals surface area contributed by atoms with Gasteiger partial charge in [-0.15, -0.1) is 0 Å². The van der Waals surface area contributed by atoms with E-state index in [9.17, 15) is 19.5 Å². The summed E-state index contributed by atoms with van der Waals surface area (Å²) in [5.41, 5.74) is 0.447.